The average Bonchev–Trinajstić information content (AvgIpc) is 1.72. The van der Waals surface area contributed by atoms with Gasteiger partial charge in [0.1, 0.15) is 0 Å². The van der Waals surface area contributed by atoms with Gasteiger partial charge in [-0.3, -0.25) is 0 Å². The fourth-order valence-electron chi connectivity index (χ4n) is 0.866. The second-order valence-electron chi connectivity index (χ2n) is 2.09. The molecule has 1 heteroatoms. The van der Waals surface area contributed by atoms with Crippen LogP contribution in [0.25, 0.3) is 0 Å². The van der Waals surface area contributed by atoms with Crippen molar-refractivity contribution in [3.05, 3.63) is 0 Å². The Kier molecular flexibility index (Phi) is 5.64. The standard InChI is InChI=1S/3C2H5.In/c3*1-2;/h3*1H2,2H3;/q;;;-2. The molecule has 0 bridgehead atoms. The Labute approximate surface area is 54.8 Å². The fraction of sp³-hybridized carbons (Fsp3) is 1.00. The van der Waals surface area contributed by atoms with Crippen molar-refractivity contribution in [2.75, 3.05) is 0 Å². The van der Waals surface area contributed by atoms with Crippen LogP contribution in [0.2, 0.25) is 12.5 Å². The first-order valence-electron chi connectivity index (χ1n) is 3.35. The van der Waals surface area contributed by atoms with Gasteiger partial charge >= 0.3 is 54.7 Å². The van der Waals surface area contributed by atoms with Crippen LogP contribution in [0.15, 0.2) is 0 Å². The summed E-state index contributed by atoms with van der Waals surface area (Å²) in [4.78, 5) is 0. The molecule has 0 heterocycles. The van der Waals surface area contributed by atoms with Crippen LogP contribution >= 0.6 is 0 Å². The third-order valence-corrected chi connectivity index (χ3v) is 11.6. The second kappa shape index (κ2) is 5.02. The van der Waals surface area contributed by atoms with Gasteiger partial charge in [0.25, 0.3) is 0 Å². The summed E-state index contributed by atoms with van der Waals surface area (Å²) < 4.78 is 4.69. The number of rotatable bonds is 3. The third-order valence-electron chi connectivity index (χ3n) is 1.73. The molecule has 0 aliphatic heterocycles. The second-order valence-corrected chi connectivity index (χ2v) is 14.0. The van der Waals surface area contributed by atoms with Gasteiger partial charge in [0.05, 0.1) is 0 Å². The van der Waals surface area contributed by atoms with Crippen LogP contribution in [-0.2, 0) is 0 Å². The van der Waals surface area contributed by atoms with Crippen LogP contribution in [0.3, 0.4) is 0 Å². The van der Waals surface area contributed by atoms with E-state index in [1.54, 1.807) is 12.5 Å². The zero-order chi connectivity index (χ0) is 5.70. The van der Waals surface area contributed by atoms with E-state index < -0.39 is 21.4 Å². The summed E-state index contributed by atoms with van der Waals surface area (Å²) in [7, 11) is 0. The van der Waals surface area contributed by atoms with Crippen molar-refractivity contribution in [2.45, 2.75) is 33.3 Å². The van der Waals surface area contributed by atoms with Crippen molar-refractivity contribution in [3.63, 3.8) is 0 Å². The first kappa shape index (κ1) is 7.87. The molecule has 0 rings (SSSR count). The molecule has 0 atom stereocenters. The number of hydrogen-bond donors (Lipinski definition) is 0. The predicted molar refractivity (Wildman–Crippen MR) is 37.2 cm³/mol. The van der Waals surface area contributed by atoms with E-state index >= 15 is 0 Å². The summed E-state index contributed by atoms with van der Waals surface area (Å²) in [5, 5.41) is 0. The fourth-order valence-corrected chi connectivity index (χ4v) is 5.81. The molecule has 44 valence electrons. The summed E-state index contributed by atoms with van der Waals surface area (Å²) in [6, 6.07) is 0. The van der Waals surface area contributed by atoms with Gasteiger partial charge in [-0.15, -0.1) is 0 Å². The van der Waals surface area contributed by atoms with E-state index in [0.29, 0.717) is 0 Å². The van der Waals surface area contributed by atoms with Gasteiger partial charge in [-0.2, -0.15) is 0 Å². The zero-order valence-corrected chi connectivity index (χ0v) is 8.99. The van der Waals surface area contributed by atoms with Crippen LogP contribution < -0.4 is 0 Å². The maximum atomic E-state index is 2.35. The summed E-state index contributed by atoms with van der Waals surface area (Å²) >= 11 is -0.764. The van der Waals surface area contributed by atoms with Crippen molar-refractivity contribution < 1.29 is 0 Å². The van der Waals surface area contributed by atoms with Crippen molar-refractivity contribution in [1.82, 2.24) is 0 Å². The Bertz CT molecular complexity index is 25.7. The molecule has 0 nitrogen and oxygen atoms in total. The average molecular weight is 202 g/mol. The van der Waals surface area contributed by atoms with Crippen molar-refractivity contribution in [1.29, 1.82) is 0 Å². The van der Waals surface area contributed by atoms with Gasteiger partial charge in [0, 0.05) is 0 Å². The molecule has 0 spiro atoms. The van der Waals surface area contributed by atoms with Gasteiger partial charge in [-0.05, 0) is 0 Å². The molecule has 7 heavy (non-hydrogen) atoms. The maximum absolute atomic E-state index is 2.35. The van der Waals surface area contributed by atoms with Crippen molar-refractivity contribution >= 4 is 21.4 Å². The Morgan fingerprint density at radius 3 is 1.14 bits per heavy atom. The molecule has 0 N–H and O–H groups in total. The number of hydrogen-bond acceptors (Lipinski definition) is 0. The quantitative estimate of drug-likeness (QED) is 0.659. The minimum absolute atomic E-state index is 0.764. The molecule has 0 amide bonds. The molecule has 0 aromatic carbocycles. The molecule has 0 fully saturated rings. The predicted octanol–water partition coefficient (Wildman–Crippen LogP) is 2.54. The van der Waals surface area contributed by atoms with E-state index in [4.69, 9.17) is 0 Å². The van der Waals surface area contributed by atoms with Gasteiger partial charge in [-0.25, -0.2) is 0 Å². The molecule has 0 unspecified atom stereocenters. The van der Waals surface area contributed by atoms with E-state index in [2.05, 4.69) is 20.8 Å². The van der Waals surface area contributed by atoms with Crippen LogP contribution in [-0.4, -0.2) is 21.4 Å². The summed E-state index contributed by atoms with van der Waals surface area (Å²) in [6.45, 7) is 7.06. The first-order valence-corrected chi connectivity index (χ1v) is 10.3. The molecule has 0 saturated carbocycles. The van der Waals surface area contributed by atoms with Crippen LogP contribution in [0.5, 0.6) is 0 Å². The van der Waals surface area contributed by atoms with Gasteiger partial charge in [0.2, 0.25) is 0 Å². The van der Waals surface area contributed by atoms with E-state index in [9.17, 15) is 0 Å². The molecule has 0 aromatic rings. The topological polar surface area (TPSA) is 0 Å². The van der Waals surface area contributed by atoms with E-state index in [-0.39, 0.29) is 0 Å². The molecular formula is C6H15In-2. The molecular weight excluding hydrogens is 187 g/mol. The van der Waals surface area contributed by atoms with Gasteiger partial charge in [0.15, 0.2) is 0 Å². The Morgan fingerprint density at radius 2 is 1.14 bits per heavy atom. The van der Waals surface area contributed by atoms with Crippen molar-refractivity contribution in [2.24, 2.45) is 0 Å². The Hall–Kier alpha value is 0.870. The summed E-state index contributed by atoms with van der Waals surface area (Å²) in [6.07, 6.45) is 0. The molecule has 0 aromatic heterocycles. The summed E-state index contributed by atoms with van der Waals surface area (Å²) in [5.41, 5.74) is 0. The summed E-state index contributed by atoms with van der Waals surface area (Å²) in [5.74, 6) is 0. The molecule has 0 saturated heterocycles. The Morgan fingerprint density at radius 1 is 0.857 bits per heavy atom. The van der Waals surface area contributed by atoms with E-state index in [0.717, 1.165) is 0 Å². The van der Waals surface area contributed by atoms with Crippen LogP contribution in [0.4, 0.5) is 0 Å². The van der Waals surface area contributed by atoms with E-state index in [1.165, 1.54) is 0 Å². The van der Waals surface area contributed by atoms with E-state index in [1.807, 2.05) is 0 Å². The van der Waals surface area contributed by atoms with Gasteiger partial charge < -0.3 is 0 Å². The van der Waals surface area contributed by atoms with Crippen LogP contribution in [0.1, 0.15) is 20.8 Å². The monoisotopic (exact) mass is 202 g/mol. The zero-order valence-electron chi connectivity index (χ0n) is 5.70. The molecule has 0 aliphatic rings. The molecule has 0 radical (unpaired) electrons. The first-order chi connectivity index (χ1) is 3.35. The van der Waals surface area contributed by atoms with Gasteiger partial charge in [-0.1, -0.05) is 0 Å². The third kappa shape index (κ3) is 3.45. The van der Waals surface area contributed by atoms with Crippen molar-refractivity contribution in [3.8, 4) is 0 Å². The van der Waals surface area contributed by atoms with Crippen LogP contribution in [0, 0.1) is 0 Å². The minimum atomic E-state index is -0.764. The Balaban J connectivity index is 2.99. The SMILES string of the molecule is C[CH2][In-2]([CH2]C)[CH2]C. The normalized spacial score (nSPS) is 10.3. The molecule has 0 aliphatic carbocycles.